The maximum absolute atomic E-state index is 5.50. The van der Waals surface area contributed by atoms with Crippen LogP contribution in [-0.2, 0) is 0 Å². The van der Waals surface area contributed by atoms with Gasteiger partial charge in [0.15, 0.2) is 11.5 Å². The summed E-state index contributed by atoms with van der Waals surface area (Å²) in [6.07, 6.45) is 5.54. The zero-order chi connectivity index (χ0) is 18.8. The molecule has 136 valence electrons. The van der Waals surface area contributed by atoms with Gasteiger partial charge in [0, 0.05) is 23.6 Å². The molecule has 0 fully saturated rings. The molecule has 0 atom stereocenters. The molecule has 0 aliphatic carbocycles. The molecule has 5 heteroatoms. The van der Waals surface area contributed by atoms with Crippen LogP contribution in [0.4, 0.5) is 11.5 Å². The van der Waals surface area contributed by atoms with Gasteiger partial charge in [0.25, 0.3) is 0 Å². The normalized spacial score (nSPS) is 11.1. The highest BCUT2D eigenvalue weighted by molar-refractivity contribution is 5.76. The van der Waals surface area contributed by atoms with E-state index in [1.54, 1.807) is 13.3 Å². The van der Waals surface area contributed by atoms with Crippen molar-refractivity contribution >= 4 is 17.2 Å². The van der Waals surface area contributed by atoms with Gasteiger partial charge in [0.05, 0.1) is 19.0 Å². The fraction of sp³-hybridized carbons (Fsp3) is 0.182. The van der Waals surface area contributed by atoms with Crippen molar-refractivity contribution < 1.29 is 4.74 Å². The summed E-state index contributed by atoms with van der Waals surface area (Å²) in [4.78, 5) is 9.08. The van der Waals surface area contributed by atoms with Crippen LogP contribution < -0.4 is 10.1 Å². The average molecular weight is 358 g/mol. The molecular formula is C22H22N4O. The Labute approximate surface area is 158 Å². The second kappa shape index (κ2) is 7.11. The van der Waals surface area contributed by atoms with Gasteiger partial charge in [-0.25, -0.2) is 9.97 Å². The quantitative estimate of drug-likeness (QED) is 0.528. The lowest BCUT2D eigenvalue weighted by Crippen LogP contribution is -1.99. The first-order valence-corrected chi connectivity index (χ1v) is 9.00. The topological polar surface area (TPSA) is 51.5 Å². The third-order valence-corrected chi connectivity index (χ3v) is 4.65. The van der Waals surface area contributed by atoms with Gasteiger partial charge in [0.1, 0.15) is 5.75 Å². The molecule has 0 bridgehead atoms. The van der Waals surface area contributed by atoms with Crippen LogP contribution in [0.3, 0.4) is 0 Å². The molecule has 0 unspecified atom stereocenters. The Morgan fingerprint density at radius 1 is 1.00 bits per heavy atom. The molecule has 2 heterocycles. The minimum atomic E-state index is 0.510. The van der Waals surface area contributed by atoms with Gasteiger partial charge >= 0.3 is 0 Å². The highest BCUT2D eigenvalue weighted by Gasteiger charge is 2.13. The smallest absolute Gasteiger partial charge is 0.180 e. The molecule has 0 amide bonds. The molecule has 4 aromatic rings. The van der Waals surface area contributed by atoms with E-state index in [4.69, 9.17) is 4.74 Å². The summed E-state index contributed by atoms with van der Waals surface area (Å²) < 4.78 is 7.53. The maximum atomic E-state index is 5.50. The largest absolute Gasteiger partial charge is 0.496 e. The second-order valence-corrected chi connectivity index (χ2v) is 6.71. The predicted molar refractivity (Wildman–Crippen MR) is 109 cm³/mol. The highest BCUT2D eigenvalue weighted by atomic mass is 16.5. The highest BCUT2D eigenvalue weighted by Crippen LogP contribution is 2.31. The number of nitrogens with one attached hydrogen (secondary N) is 1. The molecule has 0 aliphatic heterocycles. The van der Waals surface area contributed by atoms with E-state index in [1.807, 2.05) is 41.1 Å². The molecule has 2 aromatic heterocycles. The standard InChI is InChI=1S/C22H22N4O/c1-15(2)16-8-10-17(11-9-16)25-21-22-24-14-19(26(22)13-12-23-21)18-6-4-5-7-20(18)27-3/h4-15H,1-3H3,(H,23,25). The fourth-order valence-corrected chi connectivity index (χ4v) is 3.15. The molecule has 1 N–H and O–H groups in total. The molecule has 0 aliphatic rings. The van der Waals surface area contributed by atoms with Crippen molar-refractivity contribution in [1.29, 1.82) is 0 Å². The monoisotopic (exact) mass is 358 g/mol. The van der Waals surface area contributed by atoms with Crippen LogP contribution in [-0.4, -0.2) is 21.5 Å². The molecule has 4 rings (SSSR count). The van der Waals surface area contributed by atoms with Gasteiger partial charge in [0.2, 0.25) is 0 Å². The summed E-state index contributed by atoms with van der Waals surface area (Å²) in [7, 11) is 1.68. The SMILES string of the molecule is COc1ccccc1-c1cnc2c(Nc3ccc(C(C)C)cc3)nccn12. The lowest BCUT2D eigenvalue weighted by molar-refractivity contribution is 0.416. The van der Waals surface area contributed by atoms with E-state index in [1.165, 1.54) is 5.56 Å². The molecule has 0 saturated heterocycles. The summed E-state index contributed by atoms with van der Waals surface area (Å²) in [5.74, 6) is 2.04. The number of nitrogens with zero attached hydrogens (tertiary/aromatic N) is 3. The first-order chi connectivity index (χ1) is 13.2. The number of imidazole rings is 1. The summed E-state index contributed by atoms with van der Waals surface area (Å²) in [6.45, 7) is 4.38. The number of para-hydroxylation sites is 1. The Hall–Kier alpha value is -3.34. The van der Waals surface area contributed by atoms with E-state index in [-0.39, 0.29) is 0 Å². The van der Waals surface area contributed by atoms with Crippen molar-refractivity contribution in [1.82, 2.24) is 14.4 Å². The van der Waals surface area contributed by atoms with Crippen LogP contribution in [0.15, 0.2) is 67.1 Å². The number of aromatic nitrogens is 3. The first-order valence-electron chi connectivity index (χ1n) is 9.00. The number of methoxy groups -OCH3 is 1. The summed E-state index contributed by atoms with van der Waals surface area (Å²) in [5, 5.41) is 3.38. The van der Waals surface area contributed by atoms with Crippen molar-refractivity contribution in [2.45, 2.75) is 19.8 Å². The minimum Gasteiger partial charge on any atom is -0.496 e. The van der Waals surface area contributed by atoms with E-state index in [9.17, 15) is 0 Å². The second-order valence-electron chi connectivity index (χ2n) is 6.71. The number of anilines is 2. The van der Waals surface area contributed by atoms with Gasteiger partial charge < -0.3 is 10.1 Å². The Morgan fingerprint density at radius 3 is 2.52 bits per heavy atom. The Bertz CT molecular complexity index is 1070. The van der Waals surface area contributed by atoms with Crippen LogP contribution in [0.5, 0.6) is 5.75 Å². The third kappa shape index (κ3) is 3.24. The Morgan fingerprint density at radius 2 is 1.78 bits per heavy atom. The van der Waals surface area contributed by atoms with E-state index in [0.717, 1.165) is 34.2 Å². The summed E-state index contributed by atoms with van der Waals surface area (Å²) in [5.41, 5.74) is 5.02. The molecule has 5 nitrogen and oxygen atoms in total. The van der Waals surface area contributed by atoms with E-state index in [2.05, 4.69) is 53.4 Å². The third-order valence-electron chi connectivity index (χ3n) is 4.65. The molecule has 0 radical (unpaired) electrons. The minimum absolute atomic E-state index is 0.510. The number of hydrogen-bond acceptors (Lipinski definition) is 4. The lowest BCUT2D eigenvalue weighted by Gasteiger charge is -2.11. The summed E-state index contributed by atoms with van der Waals surface area (Å²) in [6, 6.07) is 16.4. The van der Waals surface area contributed by atoms with Crippen LogP contribution in [0, 0.1) is 0 Å². The summed E-state index contributed by atoms with van der Waals surface area (Å²) >= 11 is 0. The van der Waals surface area contributed by atoms with Crippen molar-refractivity contribution in [3.63, 3.8) is 0 Å². The molecule has 0 spiro atoms. The zero-order valence-electron chi connectivity index (χ0n) is 15.7. The van der Waals surface area contributed by atoms with Crippen molar-refractivity contribution in [3.05, 3.63) is 72.7 Å². The number of fused-ring (bicyclic) bond motifs is 1. The van der Waals surface area contributed by atoms with Gasteiger partial charge in [-0.15, -0.1) is 0 Å². The van der Waals surface area contributed by atoms with Gasteiger partial charge in [-0.05, 0) is 35.7 Å². The van der Waals surface area contributed by atoms with E-state index in [0.29, 0.717) is 5.92 Å². The van der Waals surface area contributed by atoms with Gasteiger partial charge in [-0.2, -0.15) is 0 Å². The maximum Gasteiger partial charge on any atom is 0.180 e. The van der Waals surface area contributed by atoms with Crippen molar-refractivity contribution in [2.24, 2.45) is 0 Å². The number of hydrogen-bond donors (Lipinski definition) is 1. The number of ether oxygens (including phenoxy) is 1. The first kappa shape index (κ1) is 17.1. The van der Waals surface area contributed by atoms with E-state index >= 15 is 0 Å². The van der Waals surface area contributed by atoms with Crippen LogP contribution in [0.1, 0.15) is 25.3 Å². The predicted octanol–water partition coefficient (Wildman–Crippen LogP) is 5.27. The lowest BCUT2D eigenvalue weighted by atomic mass is 10.0. The number of rotatable bonds is 5. The van der Waals surface area contributed by atoms with Gasteiger partial charge in [-0.3, -0.25) is 4.40 Å². The van der Waals surface area contributed by atoms with Crippen LogP contribution in [0.2, 0.25) is 0 Å². The Kier molecular flexibility index (Phi) is 4.50. The van der Waals surface area contributed by atoms with E-state index < -0.39 is 0 Å². The average Bonchev–Trinajstić information content (AvgIpc) is 3.13. The number of benzene rings is 2. The molecule has 0 saturated carbocycles. The zero-order valence-corrected chi connectivity index (χ0v) is 15.7. The fourth-order valence-electron chi connectivity index (χ4n) is 3.15. The van der Waals surface area contributed by atoms with Gasteiger partial charge in [-0.1, -0.05) is 38.1 Å². The van der Waals surface area contributed by atoms with Crippen LogP contribution in [0.25, 0.3) is 16.9 Å². The molecule has 27 heavy (non-hydrogen) atoms. The van der Waals surface area contributed by atoms with Crippen molar-refractivity contribution in [2.75, 3.05) is 12.4 Å². The van der Waals surface area contributed by atoms with Crippen LogP contribution >= 0.6 is 0 Å². The molecular weight excluding hydrogens is 336 g/mol. The van der Waals surface area contributed by atoms with Crippen molar-refractivity contribution in [3.8, 4) is 17.0 Å². The molecule has 2 aromatic carbocycles. The Balaban J connectivity index is 1.72.